The molecule has 0 aliphatic carbocycles. The number of pyridine rings is 1. The van der Waals surface area contributed by atoms with E-state index in [1.807, 2.05) is 49.3 Å². The first kappa shape index (κ1) is 16.8. The first-order valence-electron chi connectivity index (χ1n) is 8.01. The SMILES string of the molecule is Cc1[nH][nH]c(=O)c1C(CC(N)=O)c1cc2ccccc2nc1N(C)C. The second-order valence-corrected chi connectivity index (χ2v) is 6.33. The lowest BCUT2D eigenvalue weighted by atomic mass is 9.87. The monoisotopic (exact) mass is 339 g/mol. The van der Waals surface area contributed by atoms with Crippen LogP contribution in [0.15, 0.2) is 35.1 Å². The number of aryl methyl sites for hydroxylation is 1. The van der Waals surface area contributed by atoms with Crippen LogP contribution >= 0.6 is 0 Å². The second kappa shape index (κ2) is 6.43. The molecule has 1 amide bonds. The summed E-state index contributed by atoms with van der Waals surface area (Å²) in [5.41, 5.74) is 8.09. The number of aromatic amines is 2. The minimum atomic E-state index is -0.470. The van der Waals surface area contributed by atoms with Crippen LogP contribution in [0.5, 0.6) is 0 Å². The number of nitrogens with zero attached hydrogens (tertiary/aromatic N) is 2. The highest BCUT2D eigenvalue weighted by molar-refractivity contribution is 5.83. The van der Waals surface area contributed by atoms with Gasteiger partial charge in [0.2, 0.25) is 5.91 Å². The number of hydrogen-bond acceptors (Lipinski definition) is 4. The predicted octanol–water partition coefficient (Wildman–Crippen LogP) is 1.63. The van der Waals surface area contributed by atoms with Gasteiger partial charge in [0.1, 0.15) is 5.82 Å². The van der Waals surface area contributed by atoms with Gasteiger partial charge < -0.3 is 15.7 Å². The van der Waals surface area contributed by atoms with Gasteiger partial charge in [-0.05, 0) is 19.1 Å². The van der Waals surface area contributed by atoms with Crippen molar-refractivity contribution < 1.29 is 4.79 Å². The maximum atomic E-state index is 12.3. The predicted molar refractivity (Wildman–Crippen MR) is 97.9 cm³/mol. The van der Waals surface area contributed by atoms with Crippen LogP contribution in [0.1, 0.15) is 29.2 Å². The zero-order valence-corrected chi connectivity index (χ0v) is 14.5. The molecule has 2 heterocycles. The lowest BCUT2D eigenvalue weighted by Gasteiger charge is -2.23. The second-order valence-electron chi connectivity index (χ2n) is 6.33. The van der Waals surface area contributed by atoms with Gasteiger partial charge >= 0.3 is 0 Å². The summed E-state index contributed by atoms with van der Waals surface area (Å²) >= 11 is 0. The molecular weight excluding hydrogens is 318 g/mol. The van der Waals surface area contributed by atoms with Crippen LogP contribution in [0.3, 0.4) is 0 Å². The Kier molecular flexibility index (Phi) is 4.31. The number of nitrogens with one attached hydrogen (secondary N) is 2. The number of rotatable bonds is 5. The van der Waals surface area contributed by atoms with E-state index in [9.17, 15) is 9.59 Å². The molecule has 7 nitrogen and oxygen atoms in total. The van der Waals surface area contributed by atoms with Crippen molar-refractivity contribution in [1.29, 1.82) is 0 Å². The molecule has 0 aliphatic heterocycles. The van der Waals surface area contributed by atoms with Gasteiger partial charge in [0.25, 0.3) is 5.56 Å². The van der Waals surface area contributed by atoms with Crippen molar-refractivity contribution >= 4 is 22.6 Å². The molecule has 0 spiro atoms. The summed E-state index contributed by atoms with van der Waals surface area (Å²) in [6.07, 6.45) is 0.0304. The summed E-state index contributed by atoms with van der Waals surface area (Å²) in [5, 5.41) is 6.35. The molecule has 0 fully saturated rings. The largest absolute Gasteiger partial charge is 0.370 e. The topological polar surface area (TPSA) is 108 Å². The third-order valence-corrected chi connectivity index (χ3v) is 4.30. The Morgan fingerprint density at radius 1 is 1.28 bits per heavy atom. The molecule has 0 saturated heterocycles. The smallest absolute Gasteiger partial charge is 0.267 e. The van der Waals surface area contributed by atoms with Crippen LogP contribution in [0.4, 0.5) is 5.82 Å². The fourth-order valence-corrected chi connectivity index (χ4v) is 3.18. The molecule has 0 radical (unpaired) electrons. The van der Waals surface area contributed by atoms with Crippen molar-refractivity contribution in [3.63, 3.8) is 0 Å². The number of nitrogens with two attached hydrogens (primary N) is 1. The van der Waals surface area contributed by atoms with Crippen LogP contribution in [0, 0.1) is 6.92 Å². The van der Waals surface area contributed by atoms with Crippen molar-refractivity contribution in [3.05, 3.63) is 57.5 Å². The molecule has 130 valence electrons. The van der Waals surface area contributed by atoms with Crippen LogP contribution in [0.2, 0.25) is 0 Å². The third-order valence-electron chi connectivity index (χ3n) is 4.30. The summed E-state index contributed by atoms with van der Waals surface area (Å²) < 4.78 is 0. The van der Waals surface area contributed by atoms with Crippen molar-refractivity contribution in [2.24, 2.45) is 5.73 Å². The van der Waals surface area contributed by atoms with Crippen molar-refractivity contribution in [1.82, 2.24) is 15.2 Å². The maximum Gasteiger partial charge on any atom is 0.267 e. The van der Waals surface area contributed by atoms with Gasteiger partial charge in [-0.15, -0.1) is 0 Å². The van der Waals surface area contributed by atoms with Crippen molar-refractivity contribution in [2.45, 2.75) is 19.3 Å². The van der Waals surface area contributed by atoms with E-state index in [4.69, 9.17) is 10.7 Å². The molecule has 0 saturated carbocycles. The average Bonchev–Trinajstić information content (AvgIpc) is 2.90. The van der Waals surface area contributed by atoms with Gasteiger partial charge in [0.05, 0.1) is 5.52 Å². The number of amides is 1. The lowest BCUT2D eigenvalue weighted by molar-refractivity contribution is -0.118. The Labute approximate surface area is 144 Å². The molecule has 1 aromatic carbocycles. The number of aromatic nitrogens is 3. The number of carbonyl (C=O) groups is 1. The van der Waals surface area contributed by atoms with E-state index >= 15 is 0 Å². The number of anilines is 1. The number of para-hydroxylation sites is 1. The van der Waals surface area contributed by atoms with E-state index in [1.54, 1.807) is 6.92 Å². The highest BCUT2D eigenvalue weighted by Crippen LogP contribution is 2.35. The summed E-state index contributed by atoms with van der Waals surface area (Å²) in [7, 11) is 3.77. The number of benzene rings is 1. The molecule has 0 bridgehead atoms. The van der Waals surface area contributed by atoms with E-state index in [0.29, 0.717) is 17.1 Å². The van der Waals surface area contributed by atoms with Crippen LogP contribution < -0.4 is 16.2 Å². The fraction of sp³-hybridized carbons (Fsp3) is 0.278. The number of H-pyrrole nitrogens is 2. The van der Waals surface area contributed by atoms with E-state index < -0.39 is 11.8 Å². The Bertz CT molecular complexity index is 987. The fourth-order valence-electron chi connectivity index (χ4n) is 3.18. The minimum Gasteiger partial charge on any atom is -0.370 e. The molecule has 1 unspecified atom stereocenters. The highest BCUT2D eigenvalue weighted by atomic mass is 16.1. The van der Waals surface area contributed by atoms with E-state index in [1.165, 1.54) is 0 Å². The van der Waals surface area contributed by atoms with Gasteiger partial charge in [-0.1, -0.05) is 18.2 Å². The minimum absolute atomic E-state index is 0.0304. The number of primary amides is 1. The average molecular weight is 339 g/mol. The van der Waals surface area contributed by atoms with Gasteiger partial charge in [-0.3, -0.25) is 14.7 Å². The molecular formula is C18H21N5O2. The Morgan fingerprint density at radius 2 is 2.00 bits per heavy atom. The van der Waals surface area contributed by atoms with E-state index in [0.717, 1.165) is 16.5 Å². The molecule has 2 aromatic heterocycles. The van der Waals surface area contributed by atoms with Gasteiger partial charge in [-0.25, -0.2) is 4.98 Å². The van der Waals surface area contributed by atoms with Crippen LogP contribution in [-0.4, -0.2) is 35.2 Å². The normalized spacial score (nSPS) is 12.3. The van der Waals surface area contributed by atoms with Crippen LogP contribution in [-0.2, 0) is 4.79 Å². The molecule has 3 rings (SSSR count). The van der Waals surface area contributed by atoms with Crippen molar-refractivity contribution in [2.75, 3.05) is 19.0 Å². The zero-order valence-electron chi connectivity index (χ0n) is 14.5. The molecule has 7 heteroatoms. The quantitative estimate of drug-likeness (QED) is 0.656. The summed E-state index contributed by atoms with van der Waals surface area (Å²) in [5.74, 6) is -0.227. The lowest BCUT2D eigenvalue weighted by Crippen LogP contribution is -2.23. The first-order valence-corrected chi connectivity index (χ1v) is 8.01. The first-order chi connectivity index (χ1) is 11.9. The molecule has 3 aromatic rings. The van der Waals surface area contributed by atoms with Gasteiger partial charge in [0.15, 0.2) is 0 Å². The van der Waals surface area contributed by atoms with Gasteiger partial charge in [0, 0.05) is 48.6 Å². The summed E-state index contributed by atoms with van der Waals surface area (Å²) in [6.45, 7) is 1.80. The summed E-state index contributed by atoms with van der Waals surface area (Å²) in [6, 6.07) is 9.73. The molecule has 25 heavy (non-hydrogen) atoms. The molecule has 0 aliphatic rings. The standard InChI is InChI=1S/C18H21N5O2/c1-10-16(18(25)22-21-10)12(9-15(19)24)13-8-11-6-4-5-7-14(11)20-17(13)23(2)3/h4-8,12H,9H2,1-3H3,(H2,19,24)(H2,21,22,25). The van der Waals surface area contributed by atoms with E-state index in [-0.39, 0.29) is 12.0 Å². The van der Waals surface area contributed by atoms with Crippen molar-refractivity contribution in [3.8, 4) is 0 Å². The Hall–Kier alpha value is -3.09. The Morgan fingerprint density at radius 3 is 2.60 bits per heavy atom. The number of carbonyl (C=O) groups excluding carboxylic acids is 1. The summed E-state index contributed by atoms with van der Waals surface area (Å²) in [4.78, 5) is 30.6. The third kappa shape index (κ3) is 3.13. The molecule has 1 atom stereocenters. The van der Waals surface area contributed by atoms with Crippen LogP contribution in [0.25, 0.3) is 10.9 Å². The Balaban J connectivity index is 2.29. The van der Waals surface area contributed by atoms with E-state index in [2.05, 4.69) is 10.2 Å². The zero-order chi connectivity index (χ0) is 18.1. The molecule has 4 N–H and O–H groups in total. The number of hydrogen-bond donors (Lipinski definition) is 3. The maximum absolute atomic E-state index is 12.3. The highest BCUT2D eigenvalue weighted by Gasteiger charge is 2.27. The van der Waals surface area contributed by atoms with Gasteiger partial charge in [-0.2, -0.15) is 0 Å². The number of fused-ring (bicyclic) bond motifs is 1.